The molecule has 0 fully saturated rings. The van der Waals surface area contributed by atoms with Crippen molar-refractivity contribution in [3.63, 3.8) is 0 Å². The number of hydrogen-bond acceptors (Lipinski definition) is 2. The van der Waals surface area contributed by atoms with Gasteiger partial charge in [-0.05, 0) is 30.2 Å². The highest BCUT2D eigenvalue weighted by atomic mass is 35.5. The highest BCUT2D eigenvalue weighted by Crippen LogP contribution is 2.23. The van der Waals surface area contributed by atoms with E-state index in [1.54, 1.807) is 12.3 Å². The molecule has 0 radical (unpaired) electrons. The third kappa shape index (κ3) is 2.68. The maximum atomic E-state index is 10.2. The van der Waals surface area contributed by atoms with Crippen LogP contribution in [0.2, 0.25) is 5.02 Å². The predicted molar refractivity (Wildman–Crippen MR) is 68.1 cm³/mol. The normalized spacial score (nSPS) is 12.7. The second kappa shape index (κ2) is 4.90. The summed E-state index contributed by atoms with van der Waals surface area (Å²) in [6.45, 7) is 1.95. The van der Waals surface area contributed by atoms with Gasteiger partial charge in [-0.3, -0.25) is 0 Å². The molecule has 90 valence electrons. The molecule has 1 N–H and O–H groups in total. The lowest BCUT2D eigenvalue weighted by atomic mass is 10.0. The van der Waals surface area contributed by atoms with Gasteiger partial charge in [-0.25, -0.2) is 4.98 Å². The van der Waals surface area contributed by atoms with E-state index in [2.05, 4.69) is 4.98 Å². The summed E-state index contributed by atoms with van der Waals surface area (Å²) in [7, 11) is 1.92. The summed E-state index contributed by atoms with van der Waals surface area (Å²) in [5, 5.41) is 10.9. The quantitative estimate of drug-likeness (QED) is 0.910. The fourth-order valence-electron chi connectivity index (χ4n) is 1.89. The molecule has 1 heterocycles. The van der Waals surface area contributed by atoms with Crippen molar-refractivity contribution in [1.82, 2.24) is 9.55 Å². The summed E-state index contributed by atoms with van der Waals surface area (Å²) in [4.78, 5) is 4.21. The highest BCUT2D eigenvalue weighted by molar-refractivity contribution is 6.30. The molecular formula is C13H15ClN2O. The van der Waals surface area contributed by atoms with Gasteiger partial charge in [-0.1, -0.05) is 17.7 Å². The van der Waals surface area contributed by atoms with Crippen LogP contribution in [0.1, 0.15) is 23.1 Å². The summed E-state index contributed by atoms with van der Waals surface area (Å²) >= 11 is 5.89. The molecule has 1 atom stereocenters. The smallest absolute Gasteiger partial charge is 0.111 e. The van der Waals surface area contributed by atoms with Gasteiger partial charge in [0.25, 0.3) is 0 Å². The van der Waals surface area contributed by atoms with E-state index in [0.29, 0.717) is 11.4 Å². The van der Waals surface area contributed by atoms with Gasteiger partial charge in [-0.2, -0.15) is 0 Å². The van der Waals surface area contributed by atoms with Crippen LogP contribution in [-0.2, 0) is 13.5 Å². The number of aliphatic hydroxyl groups excluding tert-OH is 1. The zero-order valence-corrected chi connectivity index (χ0v) is 10.6. The largest absolute Gasteiger partial charge is 0.388 e. The molecule has 0 saturated carbocycles. The van der Waals surface area contributed by atoms with Gasteiger partial charge in [0.1, 0.15) is 5.82 Å². The van der Waals surface area contributed by atoms with E-state index in [4.69, 9.17) is 11.6 Å². The number of benzene rings is 1. The summed E-state index contributed by atoms with van der Waals surface area (Å²) in [6.07, 6.45) is 3.56. The molecule has 0 aliphatic carbocycles. The van der Waals surface area contributed by atoms with E-state index in [-0.39, 0.29) is 0 Å². The minimum Gasteiger partial charge on any atom is -0.388 e. The van der Waals surface area contributed by atoms with Crippen LogP contribution in [0.25, 0.3) is 0 Å². The average molecular weight is 251 g/mol. The first-order chi connectivity index (χ1) is 8.08. The van der Waals surface area contributed by atoms with Crippen molar-refractivity contribution in [3.05, 3.63) is 52.6 Å². The molecule has 0 saturated heterocycles. The molecule has 1 aromatic carbocycles. The standard InChI is InChI=1S/C13H15ClN2O/c1-9-7-10(14)3-4-11(9)12(17)8-13-15-5-6-16(13)2/h3-7,12,17H,8H2,1-2H3. The van der Waals surface area contributed by atoms with Crippen molar-refractivity contribution in [1.29, 1.82) is 0 Å². The van der Waals surface area contributed by atoms with Gasteiger partial charge < -0.3 is 9.67 Å². The lowest BCUT2D eigenvalue weighted by Crippen LogP contribution is -2.08. The Kier molecular flexibility index (Phi) is 3.50. The van der Waals surface area contributed by atoms with Gasteiger partial charge in [-0.15, -0.1) is 0 Å². The number of halogens is 1. The molecule has 0 amide bonds. The number of aryl methyl sites for hydroxylation is 2. The van der Waals surface area contributed by atoms with Crippen LogP contribution < -0.4 is 0 Å². The minimum absolute atomic E-state index is 0.506. The van der Waals surface area contributed by atoms with E-state index < -0.39 is 6.10 Å². The molecule has 2 rings (SSSR count). The van der Waals surface area contributed by atoms with Crippen molar-refractivity contribution in [2.45, 2.75) is 19.4 Å². The summed E-state index contributed by atoms with van der Waals surface area (Å²) in [5.41, 5.74) is 1.90. The summed E-state index contributed by atoms with van der Waals surface area (Å²) in [5.74, 6) is 0.867. The average Bonchev–Trinajstić information content (AvgIpc) is 2.64. The second-order valence-electron chi connectivity index (χ2n) is 4.18. The molecule has 1 unspecified atom stereocenters. The van der Waals surface area contributed by atoms with Crippen molar-refractivity contribution in [3.8, 4) is 0 Å². The van der Waals surface area contributed by atoms with E-state index in [0.717, 1.165) is 17.0 Å². The molecule has 4 heteroatoms. The Labute approximate surface area is 106 Å². The monoisotopic (exact) mass is 250 g/mol. The first-order valence-corrected chi connectivity index (χ1v) is 5.86. The number of nitrogens with zero attached hydrogens (tertiary/aromatic N) is 2. The summed E-state index contributed by atoms with van der Waals surface area (Å²) in [6, 6.07) is 5.52. The Bertz CT molecular complexity index is 522. The van der Waals surface area contributed by atoms with Crippen molar-refractivity contribution in [2.75, 3.05) is 0 Å². The van der Waals surface area contributed by atoms with Crippen molar-refractivity contribution in [2.24, 2.45) is 7.05 Å². The van der Waals surface area contributed by atoms with Crippen LogP contribution >= 0.6 is 11.6 Å². The van der Waals surface area contributed by atoms with E-state index in [1.807, 2.05) is 36.9 Å². The van der Waals surface area contributed by atoms with Gasteiger partial charge in [0, 0.05) is 30.9 Å². The van der Waals surface area contributed by atoms with Gasteiger partial charge >= 0.3 is 0 Å². The topological polar surface area (TPSA) is 38.1 Å². The maximum Gasteiger partial charge on any atom is 0.111 e. The lowest BCUT2D eigenvalue weighted by Gasteiger charge is -2.13. The third-order valence-corrected chi connectivity index (χ3v) is 3.12. The van der Waals surface area contributed by atoms with Crippen molar-refractivity contribution >= 4 is 11.6 Å². The van der Waals surface area contributed by atoms with E-state index in [1.165, 1.54) is 0 Å². The zero-order chi connectivity index (χ0) is 12.4. The Balaban J connectivity index is 2.20. The first-order valence-electron chi connectivity index (χ1n) is 5.48. The predicted octanol–water partition coefficient (Wildman–Crippen LogP) is 2.66. The molecule has 0 bridgehead atoms. The van der Waals surface area contributed by atoms with Gasteiger partial charge in [0.2, 0.25) is 0 Å². The number of hydrogen-bond donors (Lipinski definition) is 1. The Morgan fingerprint density at radius 3 is 2.82 bits per heavy atom. The zero-order valence-electron chi connectivity index (χ0n) is 9.89. The Morgan fingerprint density at radius 1 is 1.47 bits per heavy atom. The number of imidazole rings is 1. The van der Waals surface area contributed by atoms with E-state index in [9.17, 15) is 5.11 Å². The fraction of sp³-hybridized carbons (Fsp3) is 0.308. The Morgan fingerprint density at radius 2 is 2.24 bits per heavy atom. The lowest BCUT2D eigenvalue weighted by molar-refractivity contribution is 0.174. The van der Waals surface area contributed by atoms with Crippen LogP contribution in [0.15, 0.2) is 30.6 Å². The molecule has 0 aliphatic heterocycles. The molecule has 3 nitrogen and oxygen atoms in total. The second-order valence-corrected chi connectivity index (χ2v) is 4.61. The SMILES string of the molecule is Cc1cc(Cl)ccc1C(O)Cc1nccn1C. The van der Waals surface area contributed by atoms with Gasteiger partial charge in [0.15, 0.2) is 0 Å². The van der Waals surface area contributed by atoms with Crippen LogP contribution in [-0.4, -0.2) is 14.7 Å². The molecule has 2 aromatic rings. The third-order valence-electron chi connectivity index (χ3n) is 2.89. The van der Waals surface area contributed by atoms with Crippen molar-refractivity contribution < 1.29 is 5.11 Å². The summed E-state index contributed by atoms with van der Waals surface area (Å²) < 4.78 is 1.91. The number of rotatable bonds is 3. The minimum atomic E-state index is -0.548. The van der Waals surface area contributed by atoms with Crippen LogP contribution in [0, 0.1) is 6.92 Å². The molecular weight excluding hydrogens is 236 g/mol. The van der Waals surface area contributed by atoms with E-state index >= 15 is 0 Å². The molecule has 0 spiro atoms. The van der Waals surface area contributed by atoms with Crippen LogP contribution in [0.5, 0.6) is 0 Å². The number of aromatic nitrogens is 2. The first kappa shape index (κ1) is 12.1. The molecule has 0 aliphatic rings. The van der Waals surface area contributed by atoms with Gasteiger partial charge in [0.05, 0.1) is 6.10 Å². The Hall–Kier alpha value is -1.32. The molecule has 17 heavy (non-hydrogen) atoms. The maximum absolute atomic E-state index is 10.2. The molecule has 1 aromatic heterocycles. The van der Waals surface area contributed by atoms with Crippen LogP contribution in [0.4, 0.5) is 0 Å². The van der Waals surface area contributed by atoms with Crippen LogP contribution in [0.3, 0.4) is 0 Å². The number of aliphatic hydroxyl groups is 1. The fourth-order valence-corrected chi connectivity index (χ4v) is 2.12. The highest BCUT2D eigenvalue weighted by Gasteiger charge is 2.13.